The second-order valence-corrected chi connectivity index (χ2v) is 3.85. The smallest absolute Gasteiger partial charge is 0.257 e. The van der Waals surface area contributed by atoms with E-state index in [0.717, 1.165) is 11.4 Å². The SMILES string of the molecule is COc1ccc(C(=O)Nc2c(C)n[nH]c2C)cn1. The largest absolute Gasteiger partial charge is 0.481 e. The summed E-state index contributed by atoms with van der Waals surface area (Å²) in [5.74, 6) is 0.250. The molecule has 0 atom stereocenters. The molecule has 0 aliphatic carbocycles. The van der Waals surface area contributed by atoms with Crippen LogP contribution >= 0.6 is 0 Å². The molecule has 94 valence electrons. The number of aromatic amines is 1. The Hall–Kier alpha value is -2.37. The lowest BCUT2D eigenvalue weighted by molar-refractivity contribution is 0.102. The number of amides is 1. The van der Waals surface area contributed by atoms with E-state index in [2.05, 4.69) is 20.5 Å². The number of carbonyl (C=O) groups is 1. The molecule has 0 spiro atoms. The lowest BCUT2D eigenvalue weighted by Crippen LogP contribution is -2.13. The van der Waals surface area contributed by atoms with Crippen LogP contribution in [0.2, 0.25) is 0 Å². The fourth-order valence-corrected chi connectivity index (χ4v) is 1.56. The average molecular weight is 246 g/mol. The zero-order chi connectivity index (χ0) is 13.1. The lowest BCUT2D eigenvalue weighted by atomic mass is 10.2. The van der Waals surface area contributed by atoms with Gasteiger partial charge in [-0.05, 0) is 19.9 Å². The lowest BCUT2D eigenvalue weighted by Gasteiger charge is -2.05. The zero-order valence-electron chi connectivity index (χ0n) is 10.4. The minimum atomic E-state index is -0.224. The second-order valence-electron chi connectivity index (χ2n) is 3.85. The minimum Gasteiger partial charge on any atom is -0.481 e. The van der Waals surface area contributed by atoms with Gasteiger partial charge in [-0.2, -0.15) is 5.10 Å². The third kappa shape index (κ3) is 2.32. The molecule has 2 rings (SSSR count). The number of aryl methyl sites for hydroxylation is 2. The van der Waals surface area contributed by atoms with Crippen LogP contribution in [0.25, 0.3) is 0 Å². The van der Waals surface area contributed by atoms with Crippen molar-refractivity contribution in [2.45, 2.75) is 13.8 Å². The van der Waals surface area contributed by atoms with E-state index in [1.807, 2.05) is 13.8 Å². The standard InChI is InChI=1S/C12H14N4O2/c1-7-11(8(2)16-15-7)14-12(17)9-4-5-10(18-3)13-6-9/h4-6H,1-3H3,(H,14,17)(H,15,16). The minimum absolute atomic E-state index is 0.224. The molecule has 0 aliphatic heterocycles. The number of rotatable bonds is 3. The molecule has 0 radical (unpaired) electrons. The highest BCUT2D eigenvalue weighted by Gasteiger charge is 2.12. The van der Waals surface area contributed by atoms with E-state index in [-0.39, 0.29) is 5.91 Å². The molecule has 2 heterocycles. The fraction of sp³-hybridized carbons (Fsp3) is 0.250. The molecule has 2 aromatic rings. The van der Waals surface area contributed by atoms with Gasteiger partial charge in [0.1, 0.15) is 0 Å². The van der Waals surface area contributed by atoms with E-state index in [4.69, 9.17) is 4.74 Å². The van der Waals surface area contributed by atoms with Crippen LogP contribution in [0.15, 0.2) is 18.3 Å². The van der Waals surface area contributed by atoms with Crippen LogP contribution in [0.1, 0.15) is 21.7 Å². The number of hydrogen-bond acceptors (Lipinski definition) is 4. The highest BCUT2D eigenvalue weighted by atomic mass is 16.5. The number of aromatic nitrogens is 3. The first-order valence-electron chi connectivity index (χ1n) is 5.44. The Balaban J connectivity index is 2.17. The number of nitrogens with zero attached hydrogens (tertiary/aromatic N) is 2. The van der Waals surface area contributed by atoms with E-state index in [1.54, 1.807) is 12.1 Å². The Kier molecular flexibility index (Phi) is 3.27. The van der Waals surface area contributed by atoms with E-state index in [1.165, 1.54) is 13.3 Å². The number of pyridine rings is 1. The molecule has 2 aromatic heterocycles. The van der Waals surface area contributed by atoms with Crippen molar-refractivity contribution in [3.05, 3.63) is 35.3 Å². The van der Waals surface area contributed by atoms with Gasteiger partial charge in [0.2, 0.25) is 5.88 Å². The normalized spacial score (nSPS) is 10.2. The van der Waals surface area contributed by atoms with E-state index in [9.17, 15) is 4.79 Å². The summed E-state index contributed by atoms with van der Waals surface area (Å²) in [6.45, 7) is 3.67. The third-order valence-electron chi connectivity index (χ3n) is 2.57. The summed E-state index contributed by atoms with van der Waals surface area (Å²) in [6.07, 6.45) is 1.47. The van der Waals surface area contributed by atoms with Gasteiger partial charge >= 0.3 is 0 Å². The van der Waals surface area contributed by atoms with Gasteiger partial charge in [0, 0.05) is 12.3 Å². The predicted octanol–water partition coefficient (Wildman–Crippen LogP) is 1.68. The van der Waals surface area contributed by atoms with Gasteiger partial charge in [-0.3, -0.25) is 9.89 Å². The molecule has 6 heteroatoms. The molecule has 0 fully saturated rings. The zero-order valence-corrected chi connectivity index (χ0v) is 10.4. The van der Waals surface area contributed by atoms with E-state index in [0.29, 0.717) is 17.1 Å². The molecule has 0 saturated heterocycles. The van der Waals surface area contributed by atoms with Crippen LogP contribution in [0.4, 0.5) is 5.69 Å². The topological polar surface area (TPSA) is 79.9 Å². The van der Waals surface area contributed by atoms with E-state index >= 15 is 0 Å². The van der Waals surface area contributed by atoms with Crippen molar-refractivity contribution in [2.24, 2.45) is 0 Å². The molecule has 0 bridgehead atoms. The quantitative estimate of drug-likeness (QED) is 0.863. The van der Waals surface area contributed by atoms with Crippen molar-refractivity contribution in [3.8, 4) is 5.88 Å². The summed E-state index contributed by atoms with van der Waals surface area (Å²) in [4.78, 5) is 16.0. The Labute approximate surface area is 104 Å². The number of nitrogens with one attached hydrogen (secondary N) is 2. The first-order valence-corrected chi connectivity index (χ1v) is 5.44. The first-order chi connectivity index (χ1) is 8.61. The van der Waals surface area contributed by atoms with Crippen LogP contribution in [0, 0.1) is 13.8 Å². The van der Waals surface area contributed by atoms with Crippen molar-refractivity contribution in [3.63, 3.8) is 0 Å². The molecular formula is C12H14N4O2. The van der Waals surface area contributed by atoms with Crippen molar-refractivity contribution in [2.75, 3.05) is 12.4 Å². The maximum Gasteiger partial charge on any atom is 0.257 e. The maximum atomic E-state index is 12.0. The number of hydrogen-bond donors (Lipinski definition) is 2. The average Bonchev–Trinajstić information content (AvgIpc) is 2.70. The summed E-state index contributed by atoms with van der Waals surface area (Å²) in [5, 5.41) is 9.63. The van der Waals surface area contributed by atoms with Gasteiger partial charge in [0.15, 0.2) is 0 Å². The summed E-state index contributed by atoms with van der Waals surface area (Å²) >= 11 is 0. The van der Waals surface area contributed by atoms with E-state index < -0.39 is 0 Å². The van der Waals surface area contributed by atoms with Crippen molar-refractivity contribution in [1.29, 1.82) is 0 Å². The first kappa shape index (κ1) is 12.1. The van der Waals surface area contributed by atoms with Crippen LogP contribution in [-0.4, -0.2) is 28.2 Å². The number of carbonyl (C=O) groups excluding carboxylic acids is 1. The molecule has 0 aromatic carbocycles. The summed E-state index contributed by atoms with van der Waals surface area (Å²) in [7, 11) is 1.53. The molecular weight excluding hydrogens is 232 g/mol. The van der Waals surface area contributed by atoms with Gasteiger partial charge in [-0.25, -0.2) is 4.98 Å². The number of methoxy groups -OCH3 is 1. The van der Waals surface area contributed by atoms with Crippen molar-refractivity contribution < 1.29 is 9.53 Å². The molecule has 6 nitrogen and oxygen atoms in total. The third-order valence-corrected chi connectivity index (χ3v) is 2.57. The van der Waals surface area contributed by atoms with Crippen molar-refractivity contribution >= 4 is 11.6 Å². The van der Waals surface area contributed by atoms with Crippen LogP contribution in [0.3, 0.4) is 0 Å². The molecule has 0 saturated carbocycles. The summed E-state index contributed by atoms with van der Waals surface area (Å²) in [5.41, 5.74) is 2.75. The van der Waals surface area contributed by atoms with Gasteiger partial charge in [0.05, 0.1) is 29.7 Å². The molecule has 0 unspecified atom stereocenters. The van der Waals surface area contributed by atoms with Crippen molar-refractivity contribution in [1.82, 2.24) is 15.2 Å². The Morgan fingerprint density at radius 1 is 1.39 bits per heavy atom. The Morgan fingerprint density at radius 3 is 2.67 bits per heavy atom. The van der Waals surface area contributed by atoms with Crippen LogP contribution < -0.4 is 10.1 Å². The highest BCUT2D eigenvalue weighted by molar-refractivity contribution is 6.04. The fourth-order valence-electron chi connectivity index (χ4n) is 1.56. The monoisotopic (exact) mass is 246 g/mol. The number of ether oxygens (including phenoxy) is 1. The predicted molar refractivity (Wildman–Crippen MR) is 66.8 cm³/mol. The highest BCUT2D eigenvalue weighted by Crippen LogP contribution is 2.17. The second kappa shape index (κ2) is 4.87. The van der Waals surface area contributed by atoms with Crippen LogP contribution in [0.5, 0.6) is 5.88 Å². The number of H-pyrrole nitrogens is 1. The Morgan fingerprint density at radius 2 is 2.17 bits per heavy atom. The molecule has 2 N–H and O–H groups in total. The number of anilines is 1. The summed E-state index contributed by atoms with van der Waals surface area (Å²) in [6, 6.07) is 3.30. The van der Waals surface area contributed by atoms with Gasteiger partial charge in [-0.1, -0.05) is 0 Å². The summed E-state index contributed by atoms with van der Waals surface area (Å²) < 4.78 is 4.94. The molecule has 1 amide bonds. The van der Waals surface area contributed by atoms with Gasteiger partial charge in [-0.15, -0.1) is 0 Å². The molecule has 18 heavy (non-hydrogen) atoms. The van der Waals surface area contributed by atoms with Gasteiger partial charge < -0.3 is 10.1 Å². The van der Waals surface area contributed by atoms with Crippen LogP contribution in [-0.2, 0) is 0 Å². The molecule has 0 aliphatic rings. The maximum absolute atomic E-state index is 12.0. The Bertz CT molecular complexity index is 540. The van der Waals surface area contributed by atoms with Gasteiger partial charge in [0.25, 0.3) is 5.91 Å².